The van der Waals surface area contributed by atoms with Crippen molar-refractivity contribution in [3.05, 3.63) is 138 Å². The highest BCUT2D eigenvalue weighted by Crippen LogP contribution is 2.46. The molecule has 1 aromatic heterocycles. The van der Waals surface area contributed by atoms with Gasteiger partial charge in [-0.2, -0.15) is 16.9 Å². The number of nitrogens with zero attached hydrogens (tertiary/aromatic N) is 4. The van der Waals surface area contributed by atoms with Crippen molar-refractivity contribution in [2.24, 2.45) is 5.41 Å². The van der Waals surface area contributed by atoms with Gasteiger partial charge in [0, 0.05) is 36.5 Å². The summed E-state index contributed by atoms with van der Waals surface area (Å²) in [5.74, 6) is 2.00. The minimum absolute atomic E-state index is 0.0232. The van der Waals surface area contributed by atoms with E-state index >= 15 is 0 Å². The Kier molecular flexibility index (Phi) is 7.40. The molecule has 0 aliphatic carbocycles. The standard InChI is InChI=1S/C39H36N4O3S/c44-36-38(20-22-41(27-38)37(45)46)21-23-42(36)32-16-17-34-33(26-32)35(28-18-24-47-25-19-28)40-43(34)39(29-10-4-1-5-11-29,30-12-6-2-7-13-30)31-14-8-3-9-15-31/h1-18,26H,19-25,27H2,(H,45,46). The molecule has 2 amide bonds. The highest BCUT2D eigenvalue weighted by atomic mass is 32.2. The number of anilines is 1. The van der Waals surface area contributed by atoms with Gasteiger partial charge in [0.25, 0.3) is 0 Å². The summed E-state index contributed by atoms with van der Waals surface area (Å²) in [5.41, 5.74) is 5.89. The van der Waals surface area contributed by atoms with Crippen molar-refractivity contribution in [3.63, 3.8) is 0 Å². The van der Waals surface area contributed by atoms with E-state index in [4.69, 9.17) is 5.10 Å². The van der Waals surface area contributed by atoms with Crippen LogP contribution >= 0.6 is 11.8 Å². The number of rotatable bonds is 6. The first-order chi connectivity index (χ1) is 23.0. The number of carbonyl (C=O) groups excluding carboxylic acids is 1. The molecule has 4 heterocycles. The number of allylic oxidation sites excluding steroid dienone is 1. The Morgan fingerprint density at radius 2 is 1.45 bits per heavy atom. The van der Waals surface area contributed by atoms with Gasteiger partial charge in [-0.05, 0) is 65.5 Å². The molecule has 1 unspecified atom stereocenters. The van der Waals surface area contributed by atoms with Gasteiger partial charge >= 0.3 is 6.09 Å². The lowest BCUT2D eigenvalue weighted by Gasteiger charge is -2.37. The number of hydrogen-bond acceptors (Lipinski definition) is 4. The molecular weight excluding hydrogens is 605 g/mol. The summed E-state index contributed by atoms with van der Waals surface area (Å²) in [7, 11) is 0. The molecule has 4 aromatic carbocycles. The lowest BCUT2D eigenvalue weighted by atomic mass is 9.77. The fraction of sp³-hybridized carbons (Fsp3) is 0.256. The molecule has 7 nitrogen and oxygen atoms in total. The zero-order valence-electron chi connectivity index (χ0n) is 26.1. The van der Waals surface area contributed by atoms with Crippen LogP contribution in [0.5, 0.6) is 0 Å². The van der Waals surface area contributed by atoms with Gasteiger partial charge in [0.2, 0.25) is 5.91 Å². The van der Waals surface area contributed by atoms with Crippen LogP contribution in [0.15, 0.2) is 115 Å². The second-order valence-electron chi connectivity index (χ2n) is 12.8. The summed E-state index contributed by atoms with van der Waals surface area (Å²) >= 11 is 1.93. The Balaban J connectivity index is 1.35. The van der Waals surface area contributed by atoms with E-state index in [0.717, 1.165) is 56.9 Å². The van der Waals surface area contributed by atoms with E-state index in [-0.39, 0.29) is 12.5 Å². The molecule has 2 fully saturated rings. The molecule has 1 N–H and O–H groups in total. The highest BCUT2D eigenvalue weighted by molar-refractivity contribution is 7.99. The first kappa shape index (κ1) is 29.6. The lowest BCUT2D eigenvalue weighted by Crippen LogP contribution is -2.38. The summed E-state index contributed by atoms with van der Waals surface area (Å²) in [6.45, 7) is 1.24. The summed E-state index contributed by atoms with van der Waals surface area (Å²) < 4.78 is 2.21. The lowest BCUT2D eigenvalue weighted by molar-refractivity contribution is -0.124. The number of likely N-dealkylation sites (tertiary alicyclic amines) is 1. The molecule has 2 saturated heterocycles. The van der Waals surface area contributed by atoms with Crippen molar-refractivity contribution < 1.29 is 14.7 Å². The highest BCUT2D eigenvalue weighted by Gasteiger charge is 2.52. The van der Waals surface area contributed by atoms with Crippen molar-refractivity contribution in [1.29, 1.82) is 0 Å². The fourth-order valence-electron chi connectivity index (χ4n) is 7.90. The third-order valence-electron chi connectivity index (χ3n) is 10.3. The number of carbonyl (C=O) groups is 2. The van der Waals surface area contributed by atoms with Crippen LogP contribution in [0.1, 0.15) is 41.6 Å². The third-order valence-corrected chi connectivity index (χ3v) is 11.2. The monoisotopic (exact) mass is 640 g/mol. The van der Waals surface area contributed by atoms with Crippen molar-refractivity contribution >= 4 is 45.9 Å². The van der Waals surface area contributed by atoms with Crippen molar-refractivity contribution in [1.82, 2.24) is 14.7 Å². The van der Waals surface area contributed by atoms with E-state index in [1.165, 1.54) is 10.5 Å². The molecule has 0 saturated carbocycles. The van der Waals surface area contributed by atoms with Gasteiger partial charge in [-0.25, -0.2) is 9.48 Å². The molecular formula is C39H36N4O3S. The Morgan fingerprint density at radius 3 is 2.00 bits per heavy atom. The zero-order valence-corrected chi connectivity index (χ0v) is 26.9. The van der Waals surface area contributed by atoms with Crippen LogP contribution in [0.25, 0.3) is 16.5 Å². The molecule has 0 bridgehead atoms. The second kappa shape index (κ2) is 11.8. The minimum atomic E-state index is -0.954. The van der Waals surface area contributed by atoms with Gasteiger partial charge in [-0.3, -0.25) is 4.79 Å². The normalized spacial score (nSPS) is 19.9. The molecule has 8 rings (SSSR count). The molecule has 1 atom stereocenters. The number of thioether (sulfide) groups is 1. The molecule has 3 aliphatic rings. The second-order valence-corrected chi connectivity index (χ2v) is 13.9. The Morgan fingerprint density at radius 1 is 0.830 bits per heavy atom. The number of amides is 2. The summed E-state index contributed by atoms with van der Waals surface area (Å²) in [6, 6.07) is 38.1. The Labute approximate surface area is 278 Å². The molecule has 236 valence electrons. The van der Waals surface area contributed by atoms with Crippen LogP contribution in [0.4, 0.5) is 10.5 Å². The SMILES string of the molecule is O=C(O)N1CCC2(CCN(c3ccc4c(c3)c(C3=CCSCC3)nn4C(c3ccccc3)(c3ccccc3)c3ccccc3)C2=O)C1. The maximum Gasteiger partial charge on any atom is 0.407 e. The molecule has 47 heavy (non-hydrogen) atoms. The number of hydrogen-bond donors (Lipinski definition) is 1. The fourth-order valence-corrected chi connectivity index (χ4v) is 8.75. The van der Waals surface area contributed by atoms with Crippen LogP contribution in [-0.4, -0.2) is 62.9 Å². The van der Waals surface area contributed by atoms with Gasteiger partial charge in [0.05, 0.1) is 16.6 Å². The smallest absolute Gasteiger partial charge is 0.407 e. The van der Waals surface area contributed by atoms with Gasteiger partial charge in [0.15, 0.2) is 0 Å². The van der Waals surface area contributed by atoms with Gasteiger partial charge in [0.1, 0.15) is 5.54 Å². The average Bonchev–Trinajstić information content (AvgIpc) is 3.83. The Bertz CT molecular complexity index is 1900. The van der Waals surface area contributed by atoms with E-state index < -0.39 is 17.0 Å². The zero-order chi connectivity index (χ0) is 32.0. The van der Waals surface area contributed by atoms with Crippen LogP contribution in [0.3, 0.4) is 0 Å². The first-order valence-electron chi connectivity index (χ1n) is 16.3. The average molecular weight is 641 g/mol. The topological polar surface area (TPSA) is 78.7 Å². The van der Waals surface area contributed by atoms with E-state index in [2.05, 4.69) is 95.7 Å². The summed E-state index contributed by atoms with van der Waals surface area (Å²) in [6.07, 6.45) is 3.49. The predicted octanol–water partition coefficient (Wildman–Crippen LogP) is 7.50. The minimum Gasteiger partial charge on any atom is -0.465 e. The number of carboxylic acid groups (broad SMARTS) is 1. The summed E-state index contributed by atoms with van der Waals surface area (Å²) in [4.78, 5) is 29.0. The van der Waals surface area contributed by atoms with Crippen LogP contribution in [-0.2, 0) is 10.3 Å². The predicted molar refractivity (Wildman–Crippen MR) is 188 cm³/mol. The number of benzene rings is 4. The number of aromatic nitrogens is 2. The Hall–Kier alpha value is -4.82. The van der Waals surface area contributed by atoms with Crippen LogP contribution in [0, 0.1) is 5.41 Å². The van der Waals surface area contributed by atoms with Crippen LogP contribution in [0.2, 0.25) is 0 Å². The van der Waals surface area contributed by atoms with Gasteiger partial charge < -0.3 is 14.9 Å². The summed E-state index contributed by atoms with van der Waals surface area (Å²) in [5, 5.41) is 16.2. The van der Waals surface area contributed by atoms with E-state index in [0.29, 0.717) is 25.9 Å². The molecule has 5 aromatic rings. The first-order valence-corrected chi connectivity index (χ1v) is 17.4. The third kappa shape index (κ3) is 4.76. The quantitative estimate of drug-likeness (QED) is 0.195. The van der Waals surface area contributed by atoms with E-state index in [9.17, 15) is 14.7 Å². The molecule has 1 spiro atoms. The maximum atomic E-state index is 14.0. The molecule has 8 heteroatoms. The van der Waals surface area contributed by atoms with Crippen LogP contribution < -0.4 is 4.90 Å². The molecule has 0 radical (unpaired) electrons. The maximum absolute atomic E-state index is 14.0. The van der Waals surface area contributed by atoms with Gasteiger partial charge in [-0.1, -0.05) is 97.1 Å². The van der Waals surface area contributed by atoms with E-state index in [1.807, 2.05) is 40.9 Å². The number of fused-ring (bicyclic) bond motifs is 1. The van der Waals surface area contributed by atoms with Crippen molar-refractivity contribution in [3.8, 4) is 0 Å². The largest absolute Gasteiger partial charge is 0.465 e. The molecule has 3 aliphatic heterocycles. The van der Waals surface area contributed by atoms with E-state index in [1.54, 1.807) is 0 Å². The van der Waals surface area contributed by atoms with Crippen molar-refractivity contribution in [2.45, 2.75) is 24.8 Å². The van der Waals surface area contributed by atoms with Gasteiger partial charge in [-0.15, -0.1) is 0 Å². The van der Waals surface area contributed by atoms with Crippen molar-refractivity contribution in [2.75, 3.05) is 36.0 Å².